The number of carbonyl (C=O) groups is 1. The van der Waals surface area contributed by atoms with E-state index in [0.29, 0.717) is 23.7 Å². The molecule has 0 spiro atoms. The van der Waals surface area contributed by atoms with E-state index in [1.807, 2.05) is 25.3 Å². The van der Waals surface area contributed by atoms with Crippen LogP contribution < -0.4 is 10.1 Å². The van der Waals surface area contributed by atoms with Gasteiger partial charge in [-0.2, -0.15) is 0 Å². The van der Waals surface area contributed by atoms with Gasteiger partial charge in [-0.15, -0.1) is 0 Å². The lowest BCUT2D eigenvalue weighted by Crippen LogP contribution is -2.34. The number of ether oxygens (including phenoxy) is 1. The van der Waals surface area contributed by atoms with Crippen LogP contribution in [-0.2, 0) is 11.2 Å². The van der Waals surface area contributed by atoms with Gasteiger partial charge < -0.3 is 10.1 Å². The van der Waals surface area contributed by atoms with Gasteiger partial charge in [0.2, 0.25) is 5.91 Å². The Morgan fingerprint density at radius 2 is 2.32 bits per heavy atom. The molecular formula is C18H20ClN3O2S. The smallest absolute Gasteiger partial charge is 0.220 e. The van der Waals surface area contributed by atoms with Crippen molar-refractivity contribution in [1.29, 1.82) is 0 Å². The van der Waals surface area contributed by atoms with Crippen LogP contribution in [0.1, 0.15) is 25.3 Å². The van der Waals surface area contributed by atoms with E-state index in [1.165, 1.54) is 11.8 Å². The molecule has 5 nitrogen and oxygen atoms in total. The second kappa shape index (κ2) is 8.06. The number of aromatic nitrogens is 2. The minimum Gasteiger partial charge on any atom is -0.486 e. The molecule has 1 amide bonds. The molecule has 1 aromatic carbocycles. The van der Waals surface area contributed by atoms with E-state index >= 15 is 0 Å². The fourth-order valence-electron chi connectivity index (χ4n) is 2.79. The molecule has 2 heterocycles. The molecule has 0 fully saturated rings. The molecule has 0 bridgehead atoms. The van der Waals surface area contributed by atoms with E-state index in [0.717, 1.165) is 34.8 Å². The quantitative estimate of drug-likeness (QED) is 0.613. The first-order valence-corrected chi connectivity index (χ1v) is 9.84. The van der Waals surface area contributed by atoms with Gasteiger partial charge in [-0.05, 0) is 30.9 Å². The van der Waals surface area contributed by atoms with Crippen molar-refractivity contribution in [2.45, 2.75) is 37.4 Å². The van der Waals surface area contributed by atoms with Crippen LogP contribution in [0.25, 0.3) is 11.3 Å². The number of carbonyl (C=O) groups excluding carboxylic acids is 1. The van der Waals surface area contributed by atoms with E-state index in [4.69, 9.17) is 16.3 Å². The highest BCUT2D eigenvalue weighted by Gasteiger charge is 2.26. The summed E-state index contributed by atoms with van der Waals surface area (Å²) >= 11 is 7.92. The van der Waals surface area contributed by atoms with Gasteiger partial charge in [-0.25, -0.2) is 9.97 Å². The number of amides is 1. The van der Waals surface area contributed by atoms with Gasteiger partial charge in [0.15, 0.2) is 5.16 Å². The molecule has 7 heteroatoms. The summed E-state index contributed by atoms with van der Waals surface area (Å²) in [7, 11) is 0. The first-order valence-electron chi connectivity index (χ1n) is 8.24. The molecule has 0 radical (unpaired) electrons. The largest absolute Gasteiger partial charge is 0.486 e. The van der Waals surface area contributed by atoms with Crippen molar-refractivity contribution < 1.29 is 9.53 Å². The Bertz CT molecular complexity index is 785. The standard InChI is InChI=1S/C18H20ClN3O2S/c1-3-4-16(23)21-10-13-8-12-7-11(9-14(19)17(12)24-13)15-5-6-20-18(22-15)25-2/h5-7,9,13H,3-4,8,10H2,1-2H3,(H,21,23). The van der Waals surface area contributed by atoms with Crippen molar-refractivity contribution in [3.8, 4) is 17.0 Å². The van der Waals surface area contributed by atoms with Gasteiger partial charge in [0.05, 0.1) is 17.3 Å². The normalized spacial score (nSPS) is 15.6. The Morgan fingerprint density at radius 3 is 3.08 bits per heavy atom. The number of hydrogen-bond acceptors (Lipinski definition) is 5. The van der Waals surface area contributed by atoms with Gasteiger partial charge in [0, 0.05) is 30.2 Å². The van der Waals surface area contributed by atoms with Crippen LogP contribution in [0.3, 0.4) is 0 Å². The third kappa shape index (κ3) is 4.25. The van der Waals surface area contributed by atoms with Crippen molar-refractivity contribution >= 4 is 29.3 Å². The fourth-order valence-corrected chi connectivity index (χ4v) is 3.43. The van der Waals surface area contributed by atoms with Crippen LogP contribution >= 0.6 is 23.4 Å². The topological polar surface area (TPSA) is 64.1 Å². The summed E-state index contributed by atoms with van der Waals surface area (Å²) < 4.78 is 5.92. The molecular weight excluding hydrogens is 358 g/mol. The summed E-state index contributed by atoms with van der Waals surface area (Å²) in [5.74, 6) is 0.763. The highest BCUT2D eigenvalue weighted by molar-refractivity contribution is 7.98. The van der Waals surface area contributed by atoms with Crippen molar-refractivity contribution in [1.82, 2.24) is 15.3 Å². The summed E-state index contributed by atoms with van der Waals surface area (Å²) in [6.07, 6.45) is 5.70. The molecule has 132 valence electrons. The molecule has 1 atom stereocenters. The average Bonchev–Trinajstić information content (AvgIpc) is 3.04. The Labute approximate surface area is 156 Å². The first kappa shape index (κ1) is 18.0. The molecule has 0 saturated carbocycles. The monoisotopic (exact) mass is 377 g/mol. The molecule has 0 aliphatic carbocycles. The lowest BCUT2D eigenvalue weighted by molar-refractivity contribution is -0.121. The molecule has 1 unspecified atom stereocenters. The van der Waals surface area contributed by atoms with Crippen LogP contribution in [-0.4, -0.2) is 34.8 Å². The van der Waals surface area contributed by atoms with Crippen LogP contribution in [0.15, 0.2) is 29.6 Å². The van der Waals surface area contributed by atoms with Crippen LogP contribution in [0.2, 0.25) is 5.02 Å². The summed E-state index contributed by atoms with van der Waals surface area (Å²) in [6, 6.07) is 5.79. The highest BCUT2D eigenvalue weighted by Crippen LogP contribution is 2.39. The third-order valence-electron chi connectivity index (χ3n) is 3.97. The van der Waals surface area contributed by atoms with E-state index in [9.17, 15) is 4.79 Å². The lowest BCUT2D eigenvalue weighted by Gasteiger charge is -2.12. The number of hydrogen-bond donors (Lipinski definition) is 1. The zero-order chi connectivity index (χ0) is 17.8. The molecule has 1 aliphatic heterocycles. The summed E-state index contributed by atoms with van der Waals surface area (Å²) in [4.78, 5) is 20.4. The number of halogens is 1. The number of benzene rings is 1. The Kier molecular flexibility index (Phi) is 5.81. The zero-order valence-corrected chi connectivity index (χ0v) is 15.8. The van der Waals surface area contributed by atoms with Gasteiger partial charge in [0.25, 0.3) is 0 Å². The van der Waals surface area contributed by atoms with Crippen LogP contribution in [0.5, 0.6) is 5.75 Å². The van der Waals surface area contributed by atoms with Crippen molar-refractivity contribution in [3.63, 3.8) is 0 Å². The van der Waals surface area contributed by atoms with Gasteiger partial charge in [-0.3, -0.25) is 4.79 Å². The number of nitrogens with one attached hydrogen (secondary N) is 1. The third-order valence-corrected chi connectivity index (χ3v) is 4.81. The van der Waals surface area contributed by atoms with E-state index in [1.54, 1.807) is 6.20 Å². The Morgan fingerprint density at radius 1 is 1.48 bits per heavy atom. The minimum atomic E-state index is -0.0873. The predicted octanol–water partition coefficient (Wildman–Crippen LogP) is 3.74. The molecule has 0 saturated heterocycles. The van der Waals surface area contributed by atoms with Gasteiger partial charge >= 0.3 is 0 Å². The fraction of sp³-hybridized carbons (Fsp3) is 0.389. The van der Waals surface area contributed by atoms with Gasteiger partial charge in [-0.1, -0.05) is 30.3 Å². The Balaban J connectivity index is 1.75. The number of rotatable bonds is 6. The SMILES string of the molecule is CCCC(=O)NCC1Cc2cc(-c3ccnc(SC)n3)cc(Cl)c2O1. The zero-order valence-electron chi connectivity index (χ0n) is 14.2. The van der Waals surface area contributed by atoms with E-state index < -0.39 is 0 Å². The molecule has 3 rings (SSSR count). The lowest BCUT2D eigenvalue weighted by atomic mass is 10.0. The van der Waals surface area contributed by atoms with Gasteiger partial charge in [0.1, 0.15) is 11.9 Å². The maximum Gasteiger partial charge on any atom is 0.220 e. The van der Waals surface area contributed by atoms with Crippen LogP contribution in [0, 0.1) is 0 Å². The van der Waals surface area contributed by atoms with Crippen molar-refractivity contribution in [2.24, 2.45) is 0 Å². The van der Waals surface area contributed by atoms with E-state index in [-0.39, 0.29) is 12.0 Å². The molecule has 25 heavy (non-hydrogen) atoms. The molecule has 2 aromatic rings. The summed E-state index contributed by atoms with van der Waals surface area (Å²) in [6.45, 7) is 2.47. The summed E-state index contributed by atoms with van der Waals surface area (Å²) in [5, 5.41) is 4.20. The maximum atomic E-state index is 11.6. The molecule has 1 aromatic heterocycles. The number of nitrogens with zero attached hydrogens (tertiary/aromatic N) is 2. The van der Waals surface area contributed by atoms with E-state index in [2.05, 4.69) is 21.4 Å². The van der Waals surface area contributed by atoms with Crippen LogP contribution in [0.4, 0.5) is 0 Å². The second-order valence-electron chi connectivity index (χ2n) is 5.87. The van der Waals surface area contributed by atoms with Crippen molar-refractivity contribution in [2.75, 3.05) is 12.8 Å². The average molecular weight is 378 g/mol. The molecule has 1 N–H and O–H groups in total. The predicted molar refractivity (Wildman–Crippen MR) is 100 cm³/mol. The first-order chi connectivity index (χ1) is 12.1. The highest BCUT2D eigenvalue weighted by atomic mass is 35.5. The number of thioether (sulfide) groups is 1. The number of fused-ring (bicyclic) bond motifs is 1. The minimum absolute atomic E-state index is 0.0550. The maximum absolute atomic E-state index is 11.6. The summed E-state index contributed by atoms with van der Waals surface area (Å²) in [5.41, 5.74) is 2.83. The second-order valence-corrected chi connectivity index (χ2v) is 7.05. The molecule has 1 aliphatic rings. The Hall–Kier alpha value is -1.79. The van der Waals surface area contributed by atoms with Crippen molar-refractivity contribution in [3.05, 3.63) is 35.0 Å².